The lowest BCUT2D eigenvalue weighted by molar-refractivity contribution is 0.809. The van der Waals surface area contributed by atoms with Gasteiger partial charge in [-0.3, -0.25) is 0 Å². The van der Waals surface area contributed by atoms with Crippen LogP contribution in [0.15, 0.2) is 28.7 Å². The molecule has 0 amide bonds. The highest BCUT2D eigenvalue weighted by molar-refractivity contribution is 9.10. The second kappa shape index (κ2) is 3.15. The maximum Gasteiger partial charge on any atom is 0.0175 e. The Morgan fingerprint density at radius 3 is 2.17 bits per heavy atom. The molecule has 0 radical (unpaired) electrons. The summed E-state index contributed by atoms with van der Waals surface area (Å²) in [6.45, 7) is 0. The molecule has 1 saturated carbocycles. The highest BCUT2D eigenvalue weighted by atomic mass is 79.9. The minimum absolute atomic E-state index is 0.473. The molecule has 1 fully saturated rings. The molecule has 1 aliphatic carbocycles. The van der Waals surface area contributed by atoms with Gasteiger partial charge in [-0.25, -0.2) is 0 Å². The molecule has 0 aromatic heterocycles. The van der Waals surface area contributed by atoms with Crippen LogP contribution in [0.5, 0.6) is 0 Å². The molecule has 0 heterocycles. The lowest BCUT2D eigenvalue weighted by Crippen LogP contribution is -2.06. The van der Waals surface area contributed by atoms with Crippen LogP contribution >= 0.6 is 31.9 Å². The Bertz CT molecular complexity index is 272. The summed E-state index contributed by atoms with van der Waals surface area (Å²) < 4.78 is 1.16. The van der Waals surface area contributed by atoms with Crippen molar-refractivity contribution >= 4 is 31.9 Å². The van der Waals surface area contributed by atoms with Gasteiger partial charge in [0.1, 0.15) is 0 Å². The number of rotatable bonds is 2. The Kier molecular flexibility index (Phi) is 2.30. The summed E-state index contributed by atoms with van der Waals surface area (Å²) in [5.41, 5.74) is 1.95. The van der Waals surface area contributed by atoms with Crippen molar-refractivity contribution in [2.75, 3.05) is 5.33 Å². The normalized spacial score (nSPS) is 19.2. The Morgan fingerprint density at radius 2 is 1.75 bits per heavy atom. The van der Waals surface area contributed by atoms with Crippen LogP contribution in [0.4, 0.5) is 0 Å². The first-order chi connectivity index (χ1) is 5.77. The maximum atomic E-state index is 3.58. The van der Waals surface area contributed by atoms with E-state index in [1.165, 1.54) is 18.4 Å². The van der Waals surface area contributed by atoms with Gasteiger partial charge in [-0.1, -0.05) is 44.0 Å². The molecule has 0 aliphatic heterocycles. The Hall–Kier alpha value is 0.180. The summed E-state index contributed by atoms with van der Waals surface area (Å²) in [5, 5.41) is 1.10. The Morgan fingerprint density at radius 1 is 1.17 bits per heavy atom. The molecule has 0 nitrogen and oxygen atoms in total. The smallest absolute Gasteiger partial charge is 0.0175 e. The average Bonchev–Trinajstić information content (AvgIpc) is 2.86. The third-order valence-electron chi connectivity index (χ3n) is 2.57. The summed E-state index contributed by atoms with van der Waals surface area (Å²) >= 11 is 7.02. The SMILES string of the molecule is BrCC1(c2ccc(Br)cc2)CC1. The topological polar surface area (TPSA) is 0 Å². The van der Waals surface area contributed by atoms with Crippen molar-refractivity contribution < 1.29 is 0 Å². The summed E-state index contributed by atoms with van der Waals surface area (Å²) in [5.74, 6) is 0. The van der Waals surface area contributed by atoms with Crippen molar-refractivity contribution in [3.05, 3.63) is 34.3 Å². The number of halogens is 2. The van der Waals surface area contributed by atoms with E-state index in [0.29, 0.717) is 5.41 Å². The highest BCUT2D eigenvalue weighted by Gasteiger charge is 2.42. The zero-order valence-corrected chi connectivity index (χ0v) is 9.86. The lowest BCUT2D eigenvalue weighted by atomic mass is 9.99. The standard InChI is InChI=1S/C10H10Br2/c11-7-10(5-6-10)8-1-3-9(12)4-2-8/h1-4H,5-7H2. The summed E-state index contributed by atoms with van der Waals surface area (Å²) in [7, 11) is 0. The molecule has 0 N–H and O–H groups in total. The molecule has 0 saturated heterocycles. The Balaban J connectivity index is 2.29. The molecule has 64 valence electrons. The van der Waals surface area contributed by atoms with Crippen LogP contribution < -0.4 is 0 Å². The zero-order valence-electron chi connectivity index (χ0n) is 6.69. The molecule has 0 bridgehead atoms. The van der Waals surface area contributed by atoms with E-state index in [-0.39, 0.29) is 0 Å². The number of alkyl halides is 1. The van der Waals surface area contributed by atoms with Gasteiger partial charge in [-0.05, 0) is 30.5 Å². The van der Waals surface area contributed by atoms with Crippen molar-refractivity contribution in [3.63, 3.8) is 0 Å². The van der Waals surface area contributed by atoms with Crippen molar-refractivity contribution in [1.82, 2.24) is 0 Å². The van der Waals surface area contributed by atoms with E-state index >= 15 is 0 Å². The minimum atomic E-state index is 0.473. The summed E-state index contributed by atoms with van der Waals surface area (Å²) in [6.07, 6.45) is 2.67. The highest BCUT2D eigenvalue weighted by Crippen LogP contribution is 2.49. The van der Waals surface area contributed by atoms with Crippen LogP contribution in [0, 0.1) is 0 Å². The van der Waals surface area contributed by atoms with Crippen LogP contribution in [-0.2, 0) is 5.41 Å². The van der Waals surface area contributed by atoms with Gasteiger partial charge in [0.25, 0.3) is 0 Å². The monoisotopic (exact) mass is 288 g/mol. The van der Waals surface area contributed by atoms with E-state index in [1.54, 1.807) is 0 Å². The molecule has 0 spiro atoms. The van der Waals surface area contributed by atoms with E-state index in [1.807, 2.05) is 0 Å². The van der Waals surface area contributed by atoms with Gasteiger partial charge in [0, 0.05) is 15.2 Å². The second-order valence-electron chi connectivity index (χ2n) is 3.42. The fourth-order valence-corrected chi connectivity index (χ4v) is 2.60. The van der Waals surface area contributed by atoms with Crippen LogP contribution in [0.1, 0.15) is 18.4 Å². The fraction of sp³-hybridized carbons (Fsp3) is 0.400. The van der Waals surface area contributed by atoms with Crippen LogP contribution in [0.25, 0.3) is 0 Å². The Labute approximate surface area is 89.6 Å². The zero-order chi connectivity index (χ0) is 8.60. The molecular weight excluding hydrogens is 280 g/mol. The molecule has 1 aromatic rings. The summed E-state index contributed by atoms with van der Waals surface area (Å²) in [4.78, 5) is 0. The molecule has 0 atom stereocenters. The van der Waals surface area contributed by atoms with Crippen molar-refractivity contribution in [3.8, 4) is 0 Å². The van der Waals surface area contributed by atoms with E-state index in [9.17, 15) is 0 Å². The van der Waals surface area contributed by atoms with Crippen LogP contribution in [0.3, 0.4) is 0 Å². The first kappa shape index (κ1) is 8.76. The van der Waals surface area contributed by atoms with Crippen LogP contribution in [-0.4, -0.2) is 5.33 Å². The molecule has 0 unspecified atom stereocenters. The van der Waals surface area contributed by atoms with Crippen molar-refractivity contribution in [1.29, 1.82) is 0 Å². The molecular formula is C10H10Br2. The molecule has 12 heavy (non-hydrogen) atoms. The first-order valence-corrected chi connectivity index (χ1v) is 6.00. The quantitative estimate of drug-likeness (QED) is 0.725. The third kappa shape index (κ3) is 1.47. The number of hydrogen-bond acceptors (Lipinski definition) is 0. The van der Waals surface area contributed by atoms with E-state index in [0.717, 1.165) is 9.80 Å². The average molecular weight is 290 g/mol. The van der Waals surface area contributed by atoms with Gasteiger partial charge in [0.05, 0.1) is 0 Å². The minimum Gasteiger partial charge on any atom is -0.0918 e. The van der Waals surface area contributed by atoms with Crippen molar-refractivity contribution in [2.24, 2.45) is 0 Å². The van der Waals surface area contributed by atoms with E-state index in [4.69, 9.17) is 0 Å². The van der Waals surface area contributed by atoms with Gasteiger partial charge in [0.2, 0.25) is 0 Å². The number of benzene rings is 1. The van der Waals surface area contributed by atoms with Gasteiger partial charge < -0.3 is 0 Å². The molecule has 2 heteroatoms. The van der Waals surface area contributed by atoms with E-state index < -0.39 is 0 Å². The lowest BCUT2D eigenvalue weighted by Gasteiger charge is -2.11. The second-order valence-corrected chi connectivity index (χ2v) is 4.90. The predicted octanol–water partition coefficient (Wildman–Crippen LogP) is 3.88. The fourth-order valence-electron chi connectivity index (χ4n) is 1.45. The number of hydrogen-bond donors (Lipinski definition) is 0. The third-order valence-corrected chi connectivity index (χ3v) is 4.17. The largest absolute Gasteiger partial charge is 0.0918 e. The molecule has 1 aromatic carbocycles. The van der Waals surface area contributed by atoms with Crippen LogP contribution in [0.2, 0.25) is 0 Å². The van der Waals surface area contributed by atoms with Gasteiger partial charge >= 0.3 is 0 Å². The first-order valence-electron chi connectivity index (χ1n) is 4.09. The molecule has 1 aliphatic rings. The predicted molar refractivity (Wildman–Crippen MR) is 58.8 cm³/mol. The van der Waals surface area contributed by atoms with Crippen molar-refractivity contribution in [2.45, 2.75) is 18.3 Å². The van der Waals surface area contributed by atoms with Gasteiger partial charge in [-0.2, -0.15) is 0 Å². The maximum absolute atomic E-state index is 3.58. The summed E-state index contributed by atoms with van der Waals surface area (Å²) in [6, 6.07) is 8.69. The van der Waals surface area contributed by atoms with Gasteiger partial charge in [0.15, 0.2) is 0 Å². The van der Waals surface area contributed by atoms with E-state index in [2.05, 4.69) is 56.1 Å². The van der Waals surface area contributed by atoms with Gasteiger partial charge in [-0.15, -0.1) is 0 Å². The molecule has 2 rings (SSSR count).